The van der Waals surface area contributed by atoms with Gasteiger partial charge < -0.3 is 9.80 Å². The van der Waals surface area contributed by atoms with Crippen molar-refractivity contribution < 1.29 is 18.0 Å². The van der Waals surface area contributed by atoms with Crippen molar-refractivity contribution in [3.63, 3.8) is 0 Å². The molecule has 0 atom stereocenters. The standard InChI is InChI=1S/C25H32N4O4S/c1-5-23(30)22-16-20(29-9-6-14-34(29,32)33)7-8-21(22)25(31)28-12-10-27(11-13-28)24-18(3)15-17(2)19(4)26-24/h7-8,15-16H,5-6,9-14H2,1-4H3. The van der Waals surface area contributed by atoms with E-state index in [2.05, 4.69) is 24.8 Å². The molecule has 9 heteroatoms. The van der Waals surface area contributed by atoms with Gasteiger partial charge in [-0.15, -0.1) is 0 Å². The number of hydrogen-bond donors (Lipinski definition) is 0. The van der Waals surface area contributed by atoms with Crippen molar-refractivity contribution in [3.05, 3.63) is 52.2 Å². The molecule has 34 heavy (non-hydrogen) atoms. The van der Waals surface area contributed by atoms with Crippen LogP contribution in [0.2, 0.25) is 0 Å². The maximum Gasteiger partial charge on any atom is 0.254 e. The molecule has 4 rings (SSSR count). The fraction of sp³-hybridized carbons (Fsp3) is 0.480. The van der Waals surface area contributed by atoms with E-state index in [9.17, 15) is 18.0 Å². The van der Waals surface area contributed by atoms with Crippen molar-refractivity contribution in [2.24, 2.45) is 0 Å². The normalized spacial score (nSPS) is 17.8. The Balaban J connectivity index is 1.55. The maximum absolute atomic E-state index is 13.4. The summed E-state index contributed by atoms with van der Waals surface area (Å²) in [6, 6.07) is 6.96. The number of ketones is 1. The SMILES string of the molecule is CCC(=O)c1cc(N2CCCS2(=O)=O)ccc1C(=O)N1CCN(c2nc(C)c(C)cc2C)CC1. The maximum atomic E-state index is 13.4. The van der Waals surface area contributed by atoms with Crippen LogP contribution >= 0.6 is 0 Å². The predicted molar refractivity (Wildman–Crippen MR) is 133 cm³/mol. The van der Waals surface area contributed by atoms with Crippen LogP contribution in [0.5, 0.6) is 0 Å². The van der Waals surface area contributed by atoms with Gasteiger partial charge >= 0.3 is 0 Å². The highest BCUT2D eigenvalue weighted by Gasteiger charge is 2.31. The number of anilines is 2. The highest BCUT2D eigenvalue weighted by atomic mass is 32.2. The molecule has 0 spiro atoms. The van der Waals surface area contributed by atoms with Crippen LogP contribution in [-0.2, 0) is 10.0 Å². The fourth-order valence-corrected chi connectivity index (χ4v) is 6.22. The van der Waals surface area contributed by atoms with Crippen LogP contribution in [0.4, 0.5) is 11.5 Å². The minimum Gasteiger partial charge on any atom is -0.353 e. The molecule has 0 bridgehead atoms. The van der Waals surface area contributed by atoms with Gasteiger partial charge in [0.05, 0.1) is 17.0 Å². The summed E-state index contributed by atoms with van der Waals surface area (Å²) in [5.74, 6) is 0.685. The molecule has 182 valence electrons. The molecule has 2 saturated heterocycles. The fourth-order valence-electron chi connectivity index (χ4n) is 4.67. The summed E-state index contributed by atoms with van der Waals surface area (Å²) < 4.78 is 26.0. The summed E-state index contributed by atoms with van der Waals surface area (Å²) in [6.45, 7) is 10.6. The number of aromatic nitrogens is 1. The molecule has 2 aliphatic heterocycles. The van der Waals surface area contributed by atoms with Crippen LogP contribution in [-0.4, -0.2) is 68.5 Å². The Morgan fingerprint density at radius 3 is 2.26 bits per heavy atom. The zero-order chi connectivity index (χ0) is 24.6. The van der Waals surface area contributed by atoms with Gasteiger partial charge in [-0.2, -0.15) is 0 Å². The van der Waals surface area contributed by atoms with Gasteiger partial charge in [-0.1, -0.05) is 13.0 Å². The Morgan fingerprint density at radius 2 is 1.65 bits per heavy atom. The van der Waals surface area contributed by atoms with Crippen LogP contribution in [0, 0.1) is 20.8 Å². The summed E-state index contributed by atoms with van der Waals surface area (Å²) in [7, 11) is -3.37. The minimum atomic E-state index is -3.37. The summed E-state index contributed by atoms with van der Waals surface area (Å²) in [4.78, 5) is 34.9. The van der Waals surface area contributed by atoms with Gasteiger partial charge in [0.1, 0.15) is 5.82 Å². The Labute approximate surface area is 201 Å². The van der Waals surface area contributed by atoms with E-state index < -0.39 is 10.0 Å². The van der Waals surface area contributed by atoms with E-state index in [1.807, 2.05) is 6.92 Å². The second-order valence-electron chi connectivity index (χ2n) is 9.06. The van der Waals surface area contributed by atoms with Gasteiger partial charge in [0.2, 0.25) is 10.0 Å². The molecular weight excluding hydrogens is 452 g/mol. The van der Waals surface area contributed by atoms with Crippen LogP contribution in [0.3, 0.4) is 0 Å². The molecule has 1 aromatic heterocycles. The summed E-state index contributed by atoms with van der Waals surface area (Å²) >= 11 is 0. The van der Waals surface area contributed by atoms with Crippen LogP contribution in [0.1, 0.15) is 57.3 Å². The summed E-state index contributed by atoms with van der Waals surface area (Å²) in [5, 5.41) is 0. The number of Topliss-reactive ketones (excluding diaryl/α,β-unsaturated/α-hetero) is 1. The third kappa shape index (κ3) is 4.53. The van der Waals surface area contributed by atoms with Crippen molar-refractivity contribution in [2.75, 3.05) is 47.7 Å². The first-order valence-electron chi connectivity index (χ1n) is 11.8. The number of amides is 1. The van der Waals surface area contributed by atoms with Gasteiger partial charge in [0, 0.05) is 50.4 Å². The topological polar surface area (TPSA) is 90.9 Å². The number of pyridine rings is 1. The number of rotatable bonds is 5. The van der Waals surface area contributed by atoms with Crippen molar-refractivity contribution in [2.45, 2.75) is 40.5 Å². The molecule has 2 fully saturated rings. The molecule has 8 nitrogen and oxygen atoms in total. The molecule has 1 aromatic carbocycles. The zero-order valence-electron chi connectivity index (χ0n) is 20.3. The van der Waals surface area contributed by atoms with Crippen molar-refractivity contribution in [1.29, 1.82) is 0 Å². The Kier molecular flexibility index (Phi) is 6.66. The Bertz CT molecular complexity index is 1230. The number of benzene rings is 1. The molecule has 0 aliphatic carbocycles. The van der Waals surface area contributed by atoms with Crippen LogP contribution < -0.4 is 9.21 Å². The molecule has 0 unspecified atom stereocenters. The molecular formula is C25H32N4O4S. The first-order valence-corrected chi connectivity index (χ1v) is 13.4. The lowest BCUT2D eigenvalue weighted by atomic mass is 9.99. The number of carbonyl (C=O) groups is 2. The Morgan fingerprint density at radius 1 is 0.941 bits per heavy atom. The zero-order valence-corrected chi connectivity index (χ0v) is 21.1. The lowest BCUT2D eigenvalue weighted by Gasteiger charge is -2.36. The number of nitrogens with zero attached hydrogens (tertiary/aromatic N) is 4. The van der Waals surface area contributed by atoms with Gasteiger partial charge in [0.25, 0.3) is 5.91 Å². The number of hydrogen-bond acceptors (Lipinski definition) is 6. The lowest BCUT2D eigenvalue weighted by molar-refractivity contribution is 0.0741. The molecule has 0 N–H and O–H groups in total. The molecule has 3 heterocycles. The van der Waals surface area contributed by atoms with Gasteiger partial charge in [-0.05, 0) is 56.5 Å². The van der Waals surface area contributed by atoms with Gasteiger partial charge in [0.15, 0.2) is 5.78 Å². The third-order valence-corrected chi connectivity index (χ3v) is 8.61. The number of sulfonamides is 1. The van der Waals surface area contributed by atoms with Crippen molar-refractivity contribution in [1.82, 2.24) is 9.88 Å². The number of piperazine rings is 1. The van der Waals surface area contributed by atoms with E-state index in [1.54, 1.807) is 30.0 Å². The van der Waals surface area contributed by atoms with E-state index in [0.29, 0.717) is 56.0 Å². The van der Waals surface area contributed by atoms with Crippen LogP contribution in [0.25, 0.3) is 0 Å². The van der Waals surface area contributed by atoms with Crippen LogP contribution in [0.15, 0.2) is 24.3 Å². The summed E-state index contributed by atoms with van der Waals surface area (Å²) in [6.07, 6.45) is 0.793. The van der Waals surface area contributed by atoms with E-state index in [4.69, 9.17) is 4.98 Å². The van der Waals surface area contributed by atoms with Crippen molar-refractivity contribution >= 4 is 33.2 Å². The van der Waals surface area contributed by atoms with E-state index in [0.717, 1.165) is 22.6 Å². The van der Waals surface area contributed by atoms with Gasteiger partial charge in [-0.25, -0.2) is 13.4 Å². The molecule has 0 radical (unpaired) electrons. The largest absolute Gasteiger partial charge is 0.353 e. The first-order chi connectivity index (χ1) is 16.1. The van der Waals surface area contributed by atoms with Gasteiger partial charge in [-0.3, -0.25) is 13.9 Å². The summed E-state index contributed by atoms with van der Waals surface area (Å²) in [5.41, 5.74) is 4.36. The Hall–Kier alpha value is -2.94. The highest BCUT2D eigenvalue weighted by Crippen LogP contribution is 2.28. The number of aryl methyl sites for hydroxylation is 3. The first kappa shape index (κ1) is 24.2. The van der Waals surface area contributed by atoms with E-state index in [1.165, 1.54) is 4.31 Å². The third-order valence-electron chi connectivity index (χ3n) is 6.74. The van der Waals surface area contributed by atoms with E-state index >= 15 is 0 Å². The average Bonchev–Trinajstić information content (AvgIpc) is 3.19. The molecule has 2 aromatic rings. The lowest BCUT2D eigenvalue weighted by Crippen LogP contribution is -2.49. The monoisotopic (exact) mass is 484 g/mol. The quantitative estimate of drug-likeness (QED) is 0.606. The molecule has 2 aliphatic rings. The smallest absolute Gasteiger partial charge is 0.254 e. The average molecular weight is 485 g/mol. The van der Waals surface area contributed by atoms with E-state index in [-0.39, 0.29) is 23.9 Å². The second-order valence-corrected chi connectivity index (χ2v) is 11.1. The highest BCUT2D eigenvalue weighted by molar-refractivity contribution is 7.93. The van der Waals surface area contributed by atoms with Crippen molar-refractivity contribution in [3.8, 4) is 0 Å². The molecule has 0 saturated carbocycles. The second kappa shape index (κ2) is 9.37. The number of carbonyl (C=O) groups excluding carboxylic acids is 2. The minimum absolute atomic E-state index is 0.101. The molecule has 1 amide bonds. The predicted octanol–water partition coefficient (Wildman–Crippen LogP) is 3.10.